The highest BCUT2D eigenvalue weighted by atomic mass is 32.2. The summed E-state index contributed by atoms with van der Waals surface area (Å²) < 4.78 is 19.8. The van der Waals surface area contributed by atoms with Crippen LogP contribution in [0.15, 0.2) is 40.9 Å². The van der Waals surface area contributed by atoms with Crippen molar-refractivity contribution in [2.24, 2.45) is 0 Å². The van der Waals surface area contributed by atoms with E-state index in [0.29, 0.717) is 43.6 Å². The van der Waals surface area contributed by atoms with Crippen molar-refractivity contribution in [1.82, 2.24) is 20.5 Å². The Hall–Kier alpha value is -2.43. The Bertz CT molecular complexity index is 973. The zero-order valence-electron chi connectivity index (χ0n) is 16.3. The van der Waals surface area contributed by atoms with Gasteiger partial charge in [0, 0.05) is 30.9 Å². The lowest BCUT2D eigenvalue weighted by Gasteiger charge is -2.29. The lowest BCUT2D eigenvalue weighted by molar-refractivity contribution is -0.118. The van der Waals surface area contributed by atoms with Crippen LogP contribution in [0.5, 0.6) is 0 Å². The zero-order chi connectivity index (χ0) is 20.8. The van der Waals surface area contributed by atoms with E-state index in [4.69, 9.17) is 4.74 Å². The van der Waals surface area contributed by atoms with E-state index in [0.717, 1.165) is 11.4 Å². The van der Waals surface area contributed by atoms with Crippen molar-refractivity contribution in [3.05, 3.63) is 57.8 Å². The number of thiophene rings is 1. The summed E-state index contributed by atoms with van der Waals surface area (Å²) in [6, 6.07) is 9.12. The van der Waals surface area contributed by atoms with Gasteiger partial charge < -0.3 is 15.0 Å². The van der Waals surface area contributed by atoms with Gasteiger partial charge in [-0.15, -0.1) is 16.4 Å². The van der Waals surface area contributed by atoms with Gasteiger partial charge >= 0.3 is 0 Å². The van der Waals surface area contributed by atoms with Crippen molar-refractivity contribution in [3.63, 3.8) is 0 Å². The van der Waals surface area contributed by atoms with Crippen LogP contribution in [-0.4, -0.2) is 53.1 Å². The van der Waals surface area contributed by atoms with E-state index in [1.54, 1.807) is 17.4 Å². The molecule has 0 spiro atoms. The summed E-state index contributed by atoms with van der Waals surface area (Å²) in [5.74, 6) is 0.542. The first-order chi connectivity index (χ1) is 14.7. The molecule has 0 radical (unpaired) electrons. The minimum Gasteiger partial charge on any atom is -0.378 e. The number of benzene rings is 1. The van der Waals surface area contributed by atoms with E-state index in [-0.39, 0.29) is 24.0 Å². The number of hydrogen-bond acceptors (Lipinski definition) is 7. The first-order valence-corrected chi connectivity index (χ1v) is 11.5. The number of nitrogens with one attached hydrogen (secondary N) is 2. The minimum absolute atomic E-state index is 0.151. The number of carbonyl (C=O) groups excluding carboxylic acids is 1. The number of rotatable bonds is 8. The number of thioether (sulfide) groups is 1. The van der Waals surface area contributed by atoms with Crippen LogP contribution >= 0.6 is 23.1 Å². The predicted octanol–water partition coefficient (Wildman–Crippen LogP) is 2.84. The maximum atomic E-state index is 14.4. The number of carbonyl (C=O) groups is 1. The van der Waals surface area contributed by atoms with Crippen LogP contribution in [0.1, 0.15) is 16.3 Å². The molecule has 0 aliphatic carbocycles. The third kappa shape index (κ3) is 5.59. The smallest absolute Gasteiger partial charge is 0.230 e. The van der Waals surface area contributed by atoms with Gasteiger partial charge in [0.15, 0.2) is 0 Å². The van der Waals surface area contributed by atoms with Crippen LogP contribution in [0, 0.1) is 5.82 Å². The topological polar surface area (TPSA) is 83.1 Å². The Morgan fingerprint density at radius 1 is 1.33 bits per heavy atom. The highest BCUT2D eigenvalue weighted by molar-refractivity contribution is 7.99. The molecule has 1 aliphatic rings. The van der Waals surface area contributed by atoms with E-state index >= 15 is 0 Å². The maximum absolute atomic E-state index is 14.4. The fourth-order valence-corrected chi connectivity index (χ4v) is 4.46. The molecule has 0 unspecified atom stereocenters. The van der Waals surface area contributed by atoms with E-state index < -0.39 is 0 Å². The molecule has 1 fully saturated rings. The van der Waals surface area contributed by atoms with Gasteiger partial charge in [0.25, 0.3) is 0 Å². The number of hydrogen-bond donors (Lipinski definition) is 2. The lowest BCUT2D eigenvalue weighted by atomic mass is 10.1. The highest BCUT2D eigenvalue weighted by Crippen LogP contribution is 2.22. The molecule has 2 N–H and O–H groups in total. The average molecular weight is 448 g/mol. The van der Waals surface area contributed by atoms with Crippen LogP contribution < -0.4 is 10.2 Å². The molecule has 0 saturated carbocycles. The third-order valence-corrected chi connectivity index (χ3v) is 6.34. The second-order valence-corrected chi connectivity index (χ2v) is 8.75. The molecule has 1 amide bonds. The van der Waals surface area contributed by atoms with Crippen molar-refractivity contribution in [2.75, 3.05) is 37.0 Å². The number of ether oxygens (including phenoxy) is 1. The number of aromatic amines is 1. The normalized spacial score (nSPS) is 14.1. The van der Waals surface area contributed by atoms with Crippen LogP contribution in [0.2, 0.25) is 0 Å². The summed E-state index contributed by atoms with van der Waals surface area (Å²) in [4.78, 5) is 19.7. The van der Waals surface area contributed by atoms with E-state index in [2.05, 4.69) is 20.5 Å². The SMILES string of the molecule is O=C(CSc1n[nH]c(Cc2cccs2)n1)NCc1ccc(N2CCOCC2)c(F)c1. The van der Waals surface area contributed by atoms with Gasteiger partial charge in [-0.25, -0.2) is 9.37 Å². The van der Waals surface area contributed by atoms with Gasteiger partial charge in [-0.1, -0.05) is 23.9 Å². The minimum atomic E-state index is -0.281. The van der Waals surface area contributed by atoms with Crippen LogP contribution in [-0.2, 0) is 22.5 Å². The number of H-pyrrole nitrogens is 1. The van der Waals surface area contributed by atoms with Crippen molar-refractivity contribution in [3.8, 4) is 0 Å². The van der Waals surface area contributed by atoms with E-state index in [1.165, 1.54) is 22.7 Å². The van der Waals surface area contributed by atoms with Gasteiger partial charge in [0.2, 0.25) is 11.1 Å². The summed E-state index contributed by atoms with van der Waals surface area (Å²) in [6.07, 6.45) is 0.698. The summed E-state index contributed by atoms with van der Waals surface area (Å²) >= 11 is 2.93. The Labute approximate surface area is 182 Å². The molecule has 0 bridgehead atoms. The number of nitrogens with zero attached hydrogens (tertiary/aromatic N) is 3. The Kier molecular flexibility index (Phi) is 6.98. The van der Waals surface area contributed by atoms with Gasteiger partial charge in [-0.2, -0.15) is 0 Å². The van der Waals surface area contributed by atoms with Crippen LogP contribution in [0.25, 0.3) is 0 Å². The summed E-state index contributed by atoms with van der Waals surface area (Å²) in [7, 11) is 0. The van der Waals surface area contributed by atoms with Crippen molar-refractivity contribution >= 4 is 34.7 Å². The molecule has 10 heteroatoms. The standard InChI is InChI=1S/C20H22FN5O2S2/c21-16-10-14(3-4-17(16)26-5-7-28-8-6-26)12-22-19(27)13-30-20-23-18(24-25-20)11-15-2-1-9-29-15/h1-4,9-10H,5-8,11-13H2,(H,22,27)(H,23,24,25). The Morgan fingerprint density at radius 2 is 2.20 bits per heavy atom. The zero-order valence-corrected chi connectivity index (χ0v) is 17.9. The molecule has 4 rings (SSSR count). The summed E-state index contributed by atoms with van der Waals surface area (Å²) in [6.45, 7) is 2.85. The Morgan fingerprint density at radius 3 is 2.97 bits per heavy atom. The molecule has 0 atom stereocenters. The number of aromatic nitrogens is 3. The molecule has 2 aromatic heterocycles. The first kappa shape index (κ1) is 20.8. The van der Waals surface area contributed by atoms with Crippen molar-refractivity contribution in [1.29, 1.82) is 0 Å². The molecule has 3 heterocycles. The number of anilines is 1. The molecule has 1 saturated heterocycles. The van der Waals surface area contributed by atoms with Gasteiger partial charge in [-0.3, -0.25) is 9.89 Å². The number of halogens is 1. The Balaban J connectivity index is 1.23. The molecular weight excluding hydrogens is 425 g/mol. The molecule has 7 nitrogen and oxygen atoms in total. The second-order valence-electron chi connectivity index (χ2n) is 6.77. The number of amides is 1. The molecule has 30 heavy (non-hydrogen) atoms. The quantitative estimate of drug-likeness (QED) is 0.517. The summed E-state index contributed by atoms with van der Waals surface area (Å²) in [5, 5.41) is 12.4. The van der Waals surface area contributed by atoms with E-state index in [9.17, 15) is 9.18 Å². The predicted molar refractivity (Wildman–Crippen MR) is 116 cm³/mol. The average Bonchev–Trinajstić information content (AvgIpc) is 3.44. The monoisotopic (exact) mass is 447 g/mol. The molecule has 1 aliphatic heterocycles. The maximum Gasteiger partial charge on any atom is 0.230 e. The third-order valence-electron chi connectivity index (χ3n) is 4.62. The second kappa shape index (κ2) is 10.1. The lowest BCUT2D eigenvalue weighted by Crippen LogP contribution is -2.36. The molecular formula is C20H22FN5O2S2. The molecule has 1 aromatic carbocycles. The molecule has 158 valence electrons. The van der Waals surface area contributed by atoms with Crippen LogP contribution in [0.3, 0.4) is 0 Å². The van der Waals surface area contributed by atoms with Gasteiger partial charge in [0.1, 0.15) is 11.6 Å². The van der Waals surface area contributed by atoms with Gasteiger partial charge in [-0.05, 0) is 29.1 Å². The highest BCUT2D eigenvalue weighted by Gasteiger charge is 2.15. The first-order valence-electron chi connectivity index (χ1n) is 9.61. The number of morpholine rings is 1. The fourth-order valence-electron chi connectivity index (χ4n) is 3.10. The fraction of sp³-hybridized carbons (Fsp3) is 0.350. The molecule has 3 aromatic rings. The van der Waals surface area contributed by atoms with Crippen LogP contribution in [0.4, 0.5) is 10.1 Å². The largest absolute Gasteiger partial charge is 0.378 e. The van der Waals surface area contributed by atoms with Gasteiger partial charge in [0.05, 0.1) is 24.7 Å². The van der Waals surface area contributed by atoms with Crippen molar-refractivity contribution in [2.45, 2.75) is 18.1 Å². The van der Waals surface area contributed by atoms with E-state index in [1.807, 2.05) is 28.5 Å². The van der Waals surface area contributed by atoms with Crippen molar-refractivity contribution < 1.29 is 13.9 Å². The summed E-state index contributed by atoms with van der Waals surface area (Å²) in [5.41, 5.74) is 1.30.